The quantitative estimate of drug-likeness (QED) is 0.592. The van der Waals surface area contributed by atoms with E-state index in [1.165, 1.54) is 12.1 Å². The lowest BCUT2D eigenvalue weighted by atomic mass is 10.5. The molecule has 0 N–H and O–H groups in total. The van der Waals surface area contributed by atoms with Crippen molar-refractivity contribution in [2.45, 2.75) is 6.10 Å². The lowest BCUT2D eigenvalue weighted by Crippen LogP contribution is -2.01. The highest BCUT2D eigenvalue weighted by molar-refractivity contribution is 7.33. The molecule has 0 saturated heterocycles. The van der Waals surface area contributed by atoms with Crippen molar-refractivity contribution < 1.29 is 13.6 Å². The van der Waals surface area contributed by atoms with Crippen LogP contribution in [0, 0.1) is 34.0 Å². The van der Waals surface area contributed by atoms with Gasteiger partial charge in [0.25, 0.3) is 6.10 Å². The van der Waals surface area contributed by atoms with Gasteiger partial charge in [0, 0.05) is 4.57 Å². The van der Waals surface area contributed by atoms with Crippen molar-refractivity contribution in [1.82, 2.24) is 0 Å². The fourth-order valence-electron chi connectivity index (χ4n) is 0.274. The molecular formula is C5H3N3O3P+. The maximum atomic E-state index is 10.6. The predicted molar refractivity (Wildman–Crippen MR) is 35.3 cm³/mol. The minimum absolute atomic E-state index is 0.404. The van der Waals surface area contributed by atoms with Crippen molar-refractivity contribution in [3.63, 3.8) is 0 Å². The second-order valence-electron chi connectivity index (χ2n) is 1.40. The average molecular weight is 184 g/mol. The molecule has 6 nitrogen and oxygen atoms in total. The van der Waals surface area contributed by atoms with Crippen molar-refractivity contribution in [3.05, 3.63) is 0 Å². The highest BCUT2D eigenvalue weighted by Gasteiger charge is 2.26. The van der Waals surface area contributed by atoms with Gasteiger partial charge in [0.15, 0.2) is 6.61 Å². The van der Waals surface area contributed by atoms with Crippen molar-refractivity contribution in [2.75, 3.05) is 6.61 Å². The first-order chi connectivity index (χ1) is 5.74. The molecule has 12 heavy (non-hydrogen) atoms. The fraction of sp³-hybridized carbons (Fsp3) is 0.400. The monoisotopic (exact) mass is 184 g/mol. The lowest BCUT2D eigenvalue weighted by Gasteiger charge is -1.84. The topological polar surface area (TPSA) is 107 Å². The molecule has 0 radical (unpaired) electrons. The molecule has 0 heterocycles. The molecule has 0 amide bonds. The van der Waals surface area contributed by atoms with E-state index in [9.17, 15) is 4.57 Å². The van der Waals surface area contributed by atoms with Gasteiger partial charge >= 0.3 is 8.25 Å². The van der Waals surface area contributed by atoms with Crippen molar-refractivity contribution in [3.8, 4) is 18.2 Å². The Bertz CT molecular complexity index is 270. The van der Waals surface area contributed by atoms with E-state index >= 15 is 0 Å². The Morgan fingerprint density at radius 2 is 1.92 bits per heavy atom. The second kappa shape index (κ2) is 6.22. The van der Waals surface area contributed by atoms with Crippen LogP contribution in [0.4, 0.5) is 0 Å². The third-order valence-electron chi connectivity index (χ3n) is 0.660. The maximum Gasteiger partial charge on any atom is 0.700 e. The van der Waals surface area contributed by atoms with Gasteiger partial charge < -0.3 is 0 Å². The summed E-state index contributed by atoms with van der Waals surface area (Å²) in [6.07, 6.45) is -1.42. The molecule has 7 heteroatoms. The molecule has 0 aliphatic rings. The second-order valence-corrected chi connectivity index (χ2v) is 2.32. The summed E-state index contributed by atoms with van der Waals surface area (Å²) in [5, 5.41) is 24.3. The molecule has 0 bridgehead atoms. The van der Waals surface area contributed by atoms with Gasteiger partial charge in [-0.2, -0.15) is 15.8 Å². The third-order valence-corrected chi connectivity index (χ3v) is 1.38. The van der Waals surface area contributed by atoms with Crippen LogP contribution in [0.2, 0.25) is 0 Å². The average Bonchev–Trinajstić information content (AvgIpc) is 2.10. The molecule has 0 aromatic rings. The summed E-state index contributed by atoms with van der Waals surface area (Å²) in [6, 6.07) is 4.41. The summed E-state index contributed by atoms with van der Waals surface area (Å²) in [5.41, 5.74) is 0. The first-order valence-electron chi connectivity index (χ1n) is 2.67. The molecular weight excluding hydrogens is 181 g/mol. The van der Waals surface area contributed by atoms with E-state index in [1.54, 1.807) is 6.07 Å². The van der Waals surface area contributed by atoms with Crippen LogP contribution in [0.15, 0.2) is 0 Å². The van der Waals surface area contributed by atoms with Gasteiger partial charge in [-0.3, -0.25) is 0 Å². The summed E-state index contributed by atoms with van der Waals surface area (Å²) < 4.78 is 19.1. The normalized spacial score (nSPS) is 9.67. The Morgan fingerprint density at radius 1 is 1.33 bits per heavy atom. The molecule has 1 unspecified atom stereocenters. The van der Waals surface area contributed by atoms with Crippen LogP contribution in [0.5, 0.6) is 0 Å². The van der Waals surface area contributed by atoms with E-state index in [1.807, 2.05) is 0 Å². The zero-order valence-corrected chi connectivity index (χ0v) is 6.69. The zero-order valence-electron chi connectivity index (χ0n) is 5.80. The first-order valence-corrected chi connectivity index (χ1v) is 3.77. The van der Waals surface area contributed by atoms with Crippen molar-refractivity contribution >= 4 is 8.25 Å². The fourth-order valence-corrected chi connectivity index (χ4v) is 0.764. The summed E-state index contributed by atoms with van der Waals surface area (Å²) in [5.74, 6) is 0. The van der Waals surface area contributed by atoms with Crippen LogP contribution in [-0.2, 0) is 13.6 Å². The molecule has 0 aliphatic heterocycles. The Balaban J connectivity index is 3.80. The van der Waals surface area contributed by atoms with Gasteiger partial charge in [0.05, 0.1) is 6.07 Å². The molecule has 1 atom stereocenters. The van der Waals surface area contributed by atoms with E-state index in [0.717, 1.165) is 0 Å². The van der Waals surface area contributed by atoms with Crippen LogP contribution < -0.4 is 0 Å². The minimum atomic E-state index is -2.55. The lowest BCUT2D eigenvalue weighted by molar-refractivity contribution is 0.237. The van der Waals surface area contributed by atoms with Crippen LogP contribution in [-0.4, -0.2) is 12.7 Å². The molecule has 0 aromatic heterocycles. The van der Waals surface area contributed by atoms with Crippen LogP contribution in [0.25, 0.3) is 0 Å². The largest absolute Gasteiger partial charge is 0.700 e. The Hall–Kier alpha value is -1.51. The SMILES string of the molecule is N#CCO[P+](=O)OC(C#N)C#N. The van der Waals surface area contributed by atoms with Crippen molar-refractivity contribution in [1.29, 1.82) is 15.8 Å². The number of nitrogens with zero attached hydrogens (tertiary/aromatic N) is 3. The standard InChI is InChI=1S/C5H3N3O3P/c6-1-2-10-12(9)11-5(3-7)4-8/h5H,2H2/q+1. The minimum Gasteiger partial charge on any atom is -0.196 e. The molecule has 0 fully saturated rings. The Morgan fingerprint density at radius 3 is 2.33 bits per heavy atom. The van der Waals surface area contributed by atoms with Crippen LogP contribution >= 0.6 is 8.25 Å². The maximum absolute atomic E-state index is 10.6. The number of nitriles is 3. The van der Waals surface area contributed by atoms with Gasteiger partial charge in [0.2, 0.25) is 0 Å². The van der Waals surface area contributed by atoms with Gasteiger partial charge in [-0.05, 0) is 0 Å². The first kappa shape index (κ1) is 10.5. The van der Waals surface area contributed by atoms with Crippen LogP contribution in [0.3, 0.4) is 0 Å². The highest BCUT2D eigenvalue weighted by Crippen LogP contribution is 2.24. The highest BCUT2D eigenvalue weighted by atomic mass is 31.1. The van der Waals surface area contributed by atoms with E-state index in [2.05, 4.69) is 9.05 Å². The Kier molecular flexibility index (Phi) is 5.43. The summed E-state index contributed by atoms with van der Waals surface area (Å²) in [6.45, 7) is -0.404. The summed E-state index contributed by atoms with van der Waals surface area (Å²) >= 11 is 0. The zero-order chi connectivity index (χ0) is 9.40. The van der Waals surface area contributed by atoms with Gasteiger partial charge in [0.1, 0.15) is 12.1 Å². The van der Waals surface area contributed by atoms with E-state index < -0.39 is 21.0 Å². The number of rotatable bonds is 4. The van der Waals surface area contributed by atoms with Crippen molar-refractivity contribution in [2.24, 2.45) is 0 Å². The van der Waals surface area contributed by atoms with Gasteiger partial charge in [-0.15, -0.1) is 4.52 Å². The summed E-state index contributed by atoms with van der Waals surface area (Å²) in [4.78, 5) is 0. The van der Waals surface area contributed by atoms with E-state index in [0.29, 0.717) is 0 Å². The molecule has 0 aromatic carbocycles. The van der Waals surface area contributed by atoms with E-state index in [4.69, 9.17) is 15.8 Å². The Labute approximate surface area is 69.5 Å². The summed E-state index contributed by atoms with van der Waals surface area (Å²) in [7, 11) is -2.55. The third kappa shape index (κ3) is 4.33. The smallest absolute Gasteiger partial charge is 0.196 e. The van der Waals surface area contributed by atoms with Crippen LogP contribution in [0.1, 0.15) is 0 Å². The number of hydrogen-bond donors (Lipinski definition) is 0. The molecule has 0 rings (SSSR count). The molecule has 60 valence electrons. The van der Waals surface area contributed by atoms with E-state index in [-0.39, 0.29) is 0 Å². The molecule has 0 aliphatic carbocycles. The van der Waals surface area contributed by atoms with Gasteiger partial charge in [-0.25, -0.2) is 0 Å². The molecule has 0 spiro atoms. The van der Waals surface area contributed by atoms with Gasteiger partial charge in [-0.1, -0.05) is 4.52 Å². The molecule has 0 saturated carbocycles. The predicted octanol–water partition coefficient (Wildman–Crippen LogP) is 0.616. The number of hydrogen-bond acceptors (Lipinski definition) is 6.